The van der Waals surface area contributed by atoms with Crippen LogP contribution in [0.15, 0.2) is 292 Å². The highest BCUT2D eigenvalue weighted by atomic mass is 32.1. The number of para-hydroxylation sites is 2. The zero-order valence-corrected chi connectivity index (χ0v) is 50.0. The predicted molar refractivity (Wildman–Crippen MR) is 377 cm³/mol. The van der Waals surface area contributed by atoms with Gasteiger partial charge in [0.2, 0.25) is 0 Å². The van der Waals surface area contributed by atoms with Crippen molar-refractivity contribution in [2.75, 3.05) is 9.80 Å². The van der Waals surface area contributed by atoms with Gasteiger partial charge in [0.25, 0.3) is 0 Å². The fraction of sp³-hybridized carbons (Fsp3) is 0.0361. The summed E-state index contributed by atoms with van der Waals surface area (Å²) >= 11 is 3.64. The SMILES string of the molecule is C=C/C=C(\c1sc(C=C)c(/C=C\C)c1C)N(c1ccccc1)c1ccc(-c2ccc3cc4c(cc3c2)C2(c3ccccc3-c3ccccc32)c2cc(-c3ccc(N(c5ccccc5)c5cccc6c5sc5ccccc56)cc3)c3ccccc3c2-4)cc1. The summed E-state index contributed by atoms with van der Waals surface area (Å²) in [6.07, 6.45) is 10.3. The van der Waals surface area contributed by atoms with Crippen LogP contribution in [0.5, 0.6) is 0 Å². The summed E-state index contributed by atoms with van der Waals surface area (Å²) in [7, 11) is 0. The molecule has 1 spiro atoms. The van der Waals surface area contributed by atoms with Crippen LogP contribution in [0.1, 0.15) is 50.1 Å². The minimum Gasteiger partial charge on any atom is -0.309 e. The number of anilines is 5. The second-order valence-corrected chi connectivity index (χ2v) is 24.8. The zero-order valence-electron chi connectivity index (χ0n) is 48.3. The number of rotatable bonds is 12. The first-order valence-electron chi connectivity index (χ1n) is 29.8. The average Bonchev–Trinajstić information content (AvgIpc) is 1.51. The Balaban J connectivity index is 0.836. The van der Waals surface area contributed by atoms with Gasteiger partial charge in [0, 0.05) is 43.1 Å². The molecule has 0 aliphatic heterocycles. The molecule has 0 atom stereocenters. The number of hydrogen-bond acceptors (Lipinski definition) is 4. The Morgan fingerprint density at radius 2 is 1.05 bits per heavy atom. The van der Waals surface area contributed by atoms with Gasteiger partial charge in [0.1, 0.15) is 0 Å². The number of allylic oxidation sites excluding steroid dienone is 3. The molecule has 2 heterocycles. The molecule has 0 unspecified atom stereocenters. The largest absolute Gasteiger partial charge is 0.309 e. The van der Waals surface area contributed by atoms with Crippen molar-refractivity contribution < 1.29 is 0 Å². The molecule has 87 heavy (non-hydrogen) atoms. The lowest BCUT2D eigenvalue weighted by Crippen LogP contribution is -2.26. The summed E-state index contributed by atoms with van der Waals surface area (Å²) < 4.78 is 2.57. The third kappa shape index (κ3) is 8.13. The van der Waals surface area contributed by atoms with Gasteiger partial charge in [-0.25, -0.2) is 0 Å². The van der Waals surface area contributed by atoms with E-state index in [4.69, 9.17) is 0 Å². The fourth-order valence-corrected chi connectivity index (χ4v) is 16.7. The van der Waals surface area contributed by atoms with Gasteiger partial charge < -0.3 is 9.80 Å². The van der Waals surface area contributed by atoms with Crippen LogP contribution in [-0.4, -0.2) is 0 Å². The maximum absolute atomic E-state index is 4.20. The average molecular weight is 1150 g/mol. The highest BCUT2D eigenvalue weighted by molar-refractivity contribution is 7.26. The molecule has 0 N–H and O–H groups in total. The highest BCUT2D eigenvalue weighted by Gasteiger charge is 2.52. The van der Waals surface area contributed by atoms with E-state index in [1.54, 1.807) is 11.3 Å². The third-order valence-electron chi connectivity index (χ3n) is 18.1. The van der Waals surface area contributed by atoms with Crippen molar-refractivity contribution >= 4 is 111 Å². The number of fused-ring (bicyclic) bond motifs is 16. The van der Waals surface area contributed by atoms with Crippen molar-refractivity contribution in [1.82, 2.24) is 0 Å². The normalized spacial score (nSPS) is 12.9. The van der Waals surface area contributed by atoms with Crippen molar-refractivity contribution in [2.24, 2.45) is 0 Å². The highest BCUT2D eigenvalue weighted by Crippen LogP contribution is 2.65. The third-order valence-corrected chi connectivity index (χ3v) is 20.6. The summed E-state index contributed by atoms with van der Waals surface area (Å²) in [6.45, 7) is 12.7. The lowest BCUT2D eigenvalue weighted by atomic mass is 9.69. The molecule has 0 radical (unpaired) electrons. The van der Waals surface area contributed by atoms with Crippen molar-refractivity contribution in [3.05, 3.63) is 335 Å². The second kappa shape index (κ2) is 21.0. The lowest BCUT2D eigenvalue weighted by molar-refractivity contribution is 0.796. The van der Waals surface area contributed by atoms with Gasteiger partial charge in [-0.2, -0.15) is 0 Å². The van der Waals surface area contributed by atoms with Crippen LogP contribution in [0.3, 0.4) is 0 Å². The van der Waals surface area contributed by atoms with Gasteiger partial charge in [-0.3, -0.25) is 0 Å². The van der Waals surface area contributed by atoms with Crippen LogP contribution in [0.2, 0.25) is 0 Å². The molecule has 2 aliphatic carbocycles. The van der Waals surface area contributed by atoms with Crippen molar-refractivity contribution in [2.45, 2.75) is 19.3 Å². The van der Waals surface area contributed by atoms with E-state index in [0.29, 0.717) is 0 Å². The summed E-state index contributed by atoms with van der Waals surface area (Å²) in [4.78, 5) is 7.12. The molecule has 2 nitrogen and oxygen atoms in total. The summed E-state index contributed by atoms with van der Waals surface area (Å²) in [5, 5.41) is 7.50. The number of benzene rings is 12. The van der Waals surface area contributed by atoms with E-state index in [9.17, 15) is 0 Å². The molecule has 0 fully saturated rings. The van der Waals surface area contributed by atoms with E-state index in [0.717, 1.165) is 38.9 Å². The molecule has 2 aromatic heterocycles. The van der Waals surface area contributed by atoms with Crippen LogP contribution in [-0.2, 0) is 5.41 Å². The van der Waals surface area contributed by atoms with E-state index < -0.39 is 5.41 Å². The first-order chi connectivity index (χ1) is 42.9. The Bertz CT molecular complexity index is 5110. The van der Waals surface area contributed by atoms with E-state index in [1.807, 2.05) is 23.5 Å². The van der Waals surface area contributed by atoms with E-state index >= 15 is 0 Å². The topological polar surface area (TPSA) is 6.48 Å². The summed E-state index contributed by atoms with van der Waals surface area (Å²) in [5.74, 6) is 0. The molecule has 14 aromatic rings. The van der Waals surface area contributed by atoms with Gasteiger partial charge in [-0.05, 0) is 204 Å². The van der Waals surface area contributed by atoms with E-state index in [-0.39, 0.29) is 0 Å². The maximum Gasteiger partial charge on any atom is 0.0726 e. The quantitative estimate of drug-likeness (QED) is 0.113. The van der Waals surface area contributed by atoms with Crippen LogP contribution in [0.25, 0.3) is 104 Å². The minimum absolute atomic E-state index is 0.575. The second-order valence-electron chi connectivity index (χ2n) is 22.7. The van der Waals surface area contributed by atoms with Crippen LogP contribution in [0.4, 0.5) is 28.4 Å². The molecule has 0 saturated heterocycles. The molecule has 4 heteroatoms. The Labute approximate surface area is 516 Å². The summed E-state index contributed by atoms with van der Waals surface area (Å²) in [5.41, 5.74) is 23.7. The minimum atomic E-state index is -0.575. The number of nitrogens with zero attached hydrogens (tertiary/aromatic N) is 2. The van der Waals surface area contributed by atoms with E-state index in [1.165, 1.54) is 125 Å². The Hall–Kier alpha value is -10.4. The summed E-state index contributed by atoms with van der Waals surface area (Å²) in [6, 6.07) is 97.5. The zero-order chi connectivity index (χ0) is 58.3. The molecule has 16 rings (SSSR count). The van der Waals surface area contributed by atoms with E-state index in [2.05, 4.69) is 316 Å². The predicted octanol–water partition coefficient (Wildman–Crippen LogP) is 23.9. The molecule has 0 bridgehead atoms. The monoisotopic (exact) mass is 1150 g/mol. The molecule has 2 aliphatic rings. The standard InChI is InChI=1S/C83H58N2S2/c1-5-23-63-53(4)81(86-78(63)7-3)76(24-6-2)84(59-25-10-8-11-26-59)61-45-41-54(42-46-61)56-39-40-57-50-71-74(51-58(57)49-56)83(72-35-19-16-30-65(72)66-31-17-20-36-73(66)83)75-52-70(64-29-14-15-33-68(64)80(71)75)55-43-47-62(48-44-55)85(60-27-12-9-13-28-60)77-37-22-34-69-67-32-18-21-38-79(67)87-82(69)77/h5-52H,2-3H2,1,4H3/b23-5-,76-24+. The Morgan fingerprint density at radius 3 is 1.76 bits per heavy atom. The molecule has 412 valence electrons. The van der Waals surface area contributed by atoms with Crippen LogP contribution < -0.4 is 9.80 Å². The molecule has 12 aromatic carbocycles. The van der Waals surface area contributed by atoms with Gasteiger partial charge in [-0.15, -0.1) is 22.7 Å². The van der Waals surface area contributed by atoms with Crippen molar-refractivity contribution in [1.29, 1.82) is 0 Å². The van der Waals surface area contributed by atoms with Gasteiger partial charge in [0.15, 0.2) is 0 Å². The first-order valence-corrected chi connectivity index (χ1v) is 31.5. The van der Waals surface area contributed by atoms with Gasteiger partial charge in [-0.1, -0.05) is 213 Å². The van der Waals surface area contributed by atoms with Crippen molar-refractivity contribution in [3.63, 3.8) is 0 Å². The van der Waals surface area contributed by atoms with Crippen LogP contribution in [0, 0.1) is 6.92 Å². The maximum atomic E-state index is 4.20. The number of hydrogen-bond donors (Lipinski definition) is 0. The smallest absolute Gasteiger partial charge is 0.0726 e. The van der Waals surface area contributed by atoms with Crippen LogP contribution >= 0.6 is 22.7 Å². The Kier molecular flexibility index (Phi) is 12.6. The lowest BCUT2D eigenvalue weighted by Gasteiger charge is -2.31. The number of thiophene rings is 2. The molecular formula is C83H58N2S2. The van der Waals surface area contributed by atoms with Crippen molar-refractivity contribution in [3.8, 4) is 44.5 Å². The first kappa shape index (κ1) is 52.2. The Morgan fingerprint density at radius 1 is 0.448 bits per heavy atom. The van der Waals surface area contributed by atoms with Gasteiger partial charge in [0.05, 0.1) is 26.4 Å². The fourth-order valence-electron chi connectivity index (χ4n) is 14.3. The molecule has 0 saturated carbocycles. The molecular weight excluding hydrogens is 1090 g/mol. The molecule has 0 amide bonds. The van der Waals surface area contributed by atoms with Gasteiger partial charge >= 0.3 is 0 Å².